The molecule has 138 valence electrons. The quantitative estimate of drug-likeness (QED) is 0.873. The first-order chi connectivity index (χ1) is 12.1. The van der Waals surface area contributed by atoms with E-state index < -0.39 is 24.5 Å². The van der Waals surface area contributed by atoms with Gasteiger partial charge in [-0.3, -0.25) is 0 Å². The number of carbonyl (C=O) groups is 1. The number of amides is 1. The zero-order valence-corrected chi connectivity index (χ0v) is 14.8. The molecule has 1 saturated heterocycles. The zero-order valence-electron chi connectivity index (χ0n) is 14.8. The summed E-state index contributed by atoms with van der Waals surface area (Å²) in [6.45, 7) is 2.01. The lowest BCUT2D eigenvalue weighted by atomic mass is 9.71. The number of methoxy groups -OCH3 is 1. The Kier molecular flexibility index (Phi) is 5.93. The molecule has 6 atom stereocenters. The predicted octanol–water partition coefficient (Wildman–Crippen LogP) is 2.42. The van der Waals surface area contributed by atoms with Crippen LogP contribution in [-0.2, 0) is 14.2 Å². The van der Waals surface area contributed by atoms with E-state index in [1.807, 2.05) is 18.2 Å². The largest absolute Gasteiger partial charge is 0.450 e. The maximum Gasteiger partial charge on any atom is 0.407 e. The van der Waals surface area contributed by atoms with E-state index in [0.717, 1.165) is 19.3 Å². The lowest BCUT2D eigenvalue weighted by Crippen LogP contribution is -2.62. The second-order valence-corrected chi connectivity index (χ2v) is 6.74. The van der Waals surface area contributed by atoms with Gasteiger partial charge in [-0.1, -0.05) is 30.3 Å². The third-order valence-corrected chi connectivity index (χ3v) is 5.31. The van der Waals surface area contributed by atoms with Crippen molar-refractivity contribution in [3.63, 3.8) is 0 Å². The molecule has 0 spiro atoms. The van der Waals surface area contributed by atoms with Crippen LogP contribution in [0, 0.1) is 5.92 Å². The molecule has 6 nitrogen and oxygen atoms in total. The molecule has 1 aromatic rings. The number of benzene rings is 1. The molecule has 3 rings (SSSR count). The highest BCUT2D eigenvalue weighted by molar-refractivity contribution is 5.67. The van der Waals surface area contributed by atoms with E-state index >= 15 is 0 Å². The molecule has 25 heavy (non-hydrogen) atoms. The predicted molar refractivity (Wildman–Crippen MR) is 92.1 cm³/mol. The third-order valence-electron chi connectivity index (χ3n) is 5.31. The first-order valence-corrected chi connectivity index (χ1v) is 8.98. The Bertz CT molecular complexity index is 566. The van der Waals surface area contributed by atoms with Crippen molar-refractivity contribution in [2.45, 2.75) is 56.6 Å². The van der Waals surface area contributed by atoms with Gasteiger partial charge in [-0.05, 0) is 37.7 Å². The molecule has 1 amide bonds. The van der Waals surface area contributed by atoms with Gasteiger partial charge in [0.15, 0.2) is 6.29 Å². The summed E-state index contributed by atoms with van der Waals surface area (Å²) in [5.74, 6) is 0.348. The number of hydrogen-bond donors (Lipinski definition) is 2. The molecule has 2 fully saturated rings. The minimum absolute atomic E-state index is 0.0442. The van der Waals surface area contributed by atoms with E-state index in [9.17, 15) is 9.90 Å². The molecule has 1 aliphatic carbocycles. The molecular formula is C19H27NO5. The average Bonchev–Trinajstić information content (AvgIpc) is 2.64. The number of aliphatic hydroxyl groups excluding tert-OH is 1. The molecule has 1 saturated carbocycles. The number of nitrogens with one attached hydrogen (secondary N) is 1. The summed E-state index contributed by atoms with van der Waals surface area (Å²) in [7, 11) is 1.52. The van der Waals surface area contributed by atoms with Crippen molar-refractivity contribution in [3.05, 3.63) is 35.9 Å². The number of ether oxygens (including phenoxy) is 3. The van der Waals surface area contributed by atoms with Gasteiger partial charge in [0.25, 0.3) is 0 Å². The Hall–Kier alpha value is -1.63. The van der Waals surface area contributed by atoms with Crippen molar-refractivity contribution in [1.29, 1.82) is 0 Å². The van der Waals surface area contributed by atoms with Crippen molar-refractivity contribution < 1.29 is 24.1 Å². The van der Waals surface area contributed by atoms with Gasteiger partial charge in [-0.2, -0.15) is 0 Å². The minimum atomic E-state index is -0.736. The SMILES string of the molecule is CCOC(=O)N[C@H]1[C@@H](OC)O[C@H]2CC[C@@H](c3ccccc3)C[C@H]2[C@H]1O. The summed E-state index contributed by atoms with van der Waals surface area (Å²) in [5, 5.41) is 13.6. The van der Waals surface area contributed by atoms with Crippen molar-refractivity contribution in [2.75, 3.05) is 13.7 Å². The second-order valence-electron chi connectivity index (χ2n) is 6.74. The first-order valence-electron chi connectivity index (χ1n) is 8.98. The minimum Gasteiger partial charge on any atom is -0.450 e. The number of carbonyl (C=O) groups excluding carboxylic acids is 1. The van der Waals surface area contributed by atoms with Crippen molar-refractivity contribution >= 4 is 6.09 Å². The summed E-state index contributed by atoms with van der Waals surface area (Å²) < 4.78 is 16.3. The van der Waals surface area contributed by atoms with Gasteiger partial charge < -0.3 is 24.6 Å². The number of alkyl carbamates (subject to hydrolysis) is 1. The van der Waals surface area contributed by atoms with Crippen molar-refractivity contribution in [3.8, 4) is 0 Å². The summed E-state index contributed by atoms with van der Waals surface area (Å²) in [6, 6.07) is 9.72. The van der Waals surface area contributed by atoms with Crippen molar-refractivity contribution in [1.82, 2.24) is 5.32 Å². The van der Waals surface area contributed by atoms with Crippen LogP contribution in [0.25, 0.3) is 0 Å². The van der Waals surface area contributed by atoms with Gasteiger partial charge in [0.05, 0.1) is 18.8 Å². The molecule has 1 aromatic carbocycles. The van der Waals surface area contributed by atoms with Crippen LogP contribution in [0.5, 0.6) is 0 Å². The van der Waals surface area contributed by atoms with Crippen LogP contribution in [0.15, 0.2) is 30.3 Å². The molecule has 1 aliphatic heterocycles. The summed E-state index contributed by atoms with van der Waals surface area (Å²) in [4.78, 5) is 11.8. The lowest BCUT2D eigenvalue weighted by Gasteiger charge is -2.48. The summed E-state index contributed by atoms with van der Waals surface area (Å²) in [5.41, 5.74) is 1.29. The molecule has 2 N–H and O–H groups in total. The maximum atomic E-state index is 11.8. The van der Waals surface area contributed by atoms with Crippen LogP contribution in [0.3, 0.4) is 0 Å². The van der Waals surface area contributed by atoms with E-state index in [4.69, 9.17) is 14.2 Å². The van der Waals surface area contributed by atoms with Crippen LogP contribution in [0.2, 0.25) is 0 Å². The van der Waals surface area contributed by atoms with E-state index in [0.29, 0.717) is 5.92 Å². The van der Waals surface area contributed by atoms with E-state index in [1.54, 1.807) is 6.92 Å². The summed E-state index contributed by atoms with van der Waals surface area (Å²) >= 11 is 0. The number of fused-ring (bicyclic) bond motifs is 1. The van der Waals surface area contributed by atoms with Crippen LogP contribution in [0.1, 0.15) is 37.7 Å². The van der Waals surface area contributed by atoms with E-state index in [-0.39, 0.29) is 18.6 Å². The standard InChI is InChI=1S/C19H27NO5/c1-3-24-19(22)20-16-17(21)14-11-13(12-7-5-4-6-8-12)9-10-15(14)25-18(16)23-2/h4-8,13-18,21H,3,9-11H2,1-2H3,(H,20,22)/t13-,14-,15+,16-,17-,18+/m1/s1. The Balaban J connectivity index is 1.72. The third kappa shape index (κ3) is 3.97. The monoisotopic (exact) mass is 349 g/mol. The molecule has 0 unspecified atom stereocenters. The van der Waals surface area contributed by atoms with Crippen LogP contribution < -0.4 is 5.32 Å². The Morgan fingerprint density at radius 1 is 1.32 bits per heavy atom. The molecule has 0 bridgehead atoms. The number of rotatable bonds is 4. The highest BCUT2D eigenvalue weighted by Gasteiger charge is 2.48. The van der Waals surface area contributed by atoms with Crippen LogP contribution >= 0.6 is 0 Å². The molecule has 1 heterocycles. The smallest absolute Gasteiger partial charge is 0.407 e. The number of hydrogen-bond acceptors (Lipinski definition) is 5. The van der Waals surface area contributed by atoms with Gasteiger partial charge in [-0.25, -0.2) is 4.79 Å². The maximum absolute atomic E-state index is 11.8. The summed E-state index contributed by atoms with van der Waals surface area (Å²) in [6.07, 6.45) is 0.685. The van der Waals surface area contributed by atoms with E-state index in [2.05, 4.69) is 17.4 Å². The fourth-order valence-corrected chi connectivity index (χ4v) is 4.08. The molecule has 0 aromatic heterocycles. The second kappa shape index (κ2) is 8.17. The Labute approximate surface area is 148 Å². The average molecular weight is 349 g/mol. The van der Waals surface area contributed by atoms with Crippen LogP contribution in [-0.4, -0.2) is 49.5 Å². The number of aliphatic hydroxyl groups is 1. The molecule has 2 aliphatic rings. The highest BCUT2D eigenvalue weighted by Crippen LogP contribution is 2.43. The first kappa shape index (κ1) is 18.2. The van der Waals surface area contributed by atoms with Gasteiger partial charge in [0.1, 0.15) is 6.04 Å². The van der Waals surface area contributed by atoms with Gasteiger partial charge >= 0.3 is 6.09 Å². The highest BCUT2D eigenvalue weighted by atomic mass is 16.7. The fourth-order valence-electron chi connectivity index (χ4n) is 4.08. The van der Waals surface area contributed by atoms with Gasteiger partial charge in [-0.15, -0.1) is 0 Å². The normalized spacial score (nSPS) is 34.8. The van der Waals surface area contributed by atoms with Crippen LogP contribution in [0.4, 0.5) is 4.79 Å². The topological polar surface area (TPSA) is 77.0 Å². The fraction of sp³-hybridized carbons (Fsp3) is 0.632. The van der Waals surface area contributed by atoms with Gasteiger partial charge in [0, 0.05) is 13.0 Å². The van der Waals surface area contributed by atoms with Gasteiger partial charge in [0.2, 0.25) is 0 Å². The van der Waals surface area contributed by atoms with Crippen molar-refractivity contribution in [2.24, 2.45) is 5.92 Å². The van der Waals surface area contributed by atoms with E-state index in [1.165, 1.54) is 12.7 Å². The molecular weight excluding hydrogens is 322 g/mol. The molecule has 6 heteroatoms. The Morgan fingerprint density at radius 2 is 2.08 bits per heavy atom. The Morgan fingerprint density at radius 3 is 2.76 bits per heavy atom. The zero-order chi connectivity index (χ0) is 17.8. The lowest BCUT2D eigenvalue weighted by molar-refractivity contribution is -0.249. The molecule has 0 radical (unpaired) electrons.